The van der Waals surface area contributed by atoms with Gasteiger partial charge in [-0.3, -0.25) is 9.78 Å². The Hall–Kier alpha value is -2.43. The summed E-state index contributed by atoms with van der Waals surface area (Å²) < 4.78 is 12.1. The predicted molar refractivity (Wildman–Crippen MR) is 85.7 cm³/mol. The number of nitrogens with zero attached hydrogens (tertiary/aromatic N) is 1. The number of aryl methyl sites for hydroxylation is 1. The highest BCUT2D eigenvalue weighted by Crippen LogP contribution is 2.17. The number of alkyl halides is 1. The van der Waals surface area contributed by atoms with Crippen LogP contribution in [0.4, 0.5) is 4.39 Å². The van der Waals surface area contributed by atoms with Crippen LogP contribution in [0, 0.1) is 6.92 Å². The first-order valence-corrected chi connectivity index (χ1v) is 7.24. The van der Waals surface area contributed by atoms with Crippen LogP contribution in [-0.4, -0.2) is 17.7 Å². The standard InChI is InChI=1S/C17H20FN3O/c1-12-9-14(10-20-16(12)17(22)21-11-18)15(19)8-7-13-5-3-2-4-6-13/h3,5-6,8-10H,2,4,7,11,19H2,1H3,(H,21,22)/b15-8-. The van der Waals surface area contributed by atoms with E-state index in [0.29, 0.717) is 11.3 Å². The average molecular weight is 301 g/mol. The molecule has 0 saturated heterocycles. The summed E-state index contributed by atoms with van der Waals surface area (Å²) in [7, 11) is 0. The zero-order valence-electron chi connectivity index (χ0n) is 12.6. The van der Waals surface area contributed by atoms with E-state index in [-0.39, 0.29) is 5.69 Å². The van der Waals surface area contributed by atoms with Crippen LogP contribution in [0.2, 0.25) is 0 Å². The van der Waals surface area contributed by atoms with Crippen molar-refractivity contribution in [3.05, 3.63) is 59.0 Å². The fourth-order valence-corrected chi connectivity index (χ4v) is 2.28. The number of halogens is 1. The molecule has 116 valence electrons. The molecule has 22 heavy (non-hydrogen) atoms. The summed E-state index contributed by atoms with van der Waals surface area (Å²) in [5, 5.41) is 2.09. The molecule has 1 aromatic rings. The SMILES string of the molecule is Cc1cc(/C(N)=C/CC2=CCCC=C2)cnc1C(=O)NCF. The number of amides is 1. The zero-order valence-corrected chi connectivity index (χ0v) is 12.6. The van der Waals surface area contributed by atoms with E-state index in [2.05, 4.69) is 28.5 Å². The number of pyridine rings is 1. The molecule has 0 fully saturated rings. The fraction of sp³-hybridized carbons (Fsp3) is 0.294. The van der Waals surface area contributed by atoms with Crippen LogP contribution in [0.3, 0.4) is 0 Å². The summed E-state index contributed by atoms with van der Waals surface area (Å²) in [5.74, 6) is -0.522. The lowest BCUT2D eigenvalue weighted by molar-refractivity contribution is 0.0931. The van der Waals surface area contributed by atoms with Gasteiger partial charge in [-0.1, -0.05) is 24.3 Å². The summed E-state index contributed by atoms with van der Waals surface area (Å²) in [5.41, 5.74) is 9.58. The molecule has 1 aliphatic carbocycles. The van der Waals surface area contributed by atoms with Gasteiger partial charge in [-0.05, 0) is 43.4 Å². The van der Waals surface area contributed by atoms with Crippen LogP contribution >= 0.6 is 0 Å². The maximum absolute atomic E-state index is 12.1. The third-order valence-corrected chi connectivity index (χ3v) is 3.48. The Kier molecular flexibility index (Phi) is 5.47. The first kappa shape index (κ1) is 15.9. The lowest BCUT2D eigenvalue weighted by Gasteiger charge is -2.08. The molecule has 0 atom stereocenters. The van der Waals surface area contributed by atoms with Gasteiger partial charge in [0.1, 0.15) is 5.69 Å². The number of hydrogen-bond donors (Lipinski definition) is 2. The van der Waals surface area contributed by atoms with Crippen LogP contribution in [0.25, 0.3) is 5.70 Å². The second kappa shape index (κ2) is 7.54. The summed E-state index contributed by atoms with van der Waals surface area (Å²) in [4.78, 5) is 15.7. The average Bonchev–Trinajstić information content (AvgIpc) is 2.53. The van der Waals surface area contributed by atoms with Gasteiger partial charge in [0.05, 0.1) is 0 Å². The fourth-order valence-electron chi connectivity index (χ4n) is 2.28. The Bertz CT molecular complexity index is 647. The number of nitrogens with one attached hydrogen (secondary N) is 1. The third kappa shape index (κ3) is 4.04. The van der Waals surface area contributed by atoms with E-state index < -0.39 is 12.7 Å². The first-order chi connectivity index (χ1) is 10.6. The molecule has 3 N–H and O–H groups in total. The zero-order chi connectivity index (χ0) is 15.9. The van der Waals surface area contributed by atoms with E-state index in [1.54, 1.807) is 13.0 Å². The van der Waals surface area contributed by atoms with E-state index in [4.69, 9.17) is 5.73 Å². The molecule has 1 aliphatic rings. The second-order valence-electron chi connectivity index (χ2n) is 5.15. The molecule has 1 amide bonds. The molecular weight excluding hydrogens is 281 g/mol. The van der Waals surface area contributed by atoms with Crippen molar-refractivity contribution >= 4 is 11.6 Å². The third-order valence-electron chi connectivity index (χ3n) is 3.48. The van der Waals surface area contributed by atoms with Crippen LogP contribution in [0.1, 0.15) is 40.9 Å². The van der Waals surface area contributed by atoms with E-state index in [1.165, 1.54) is 11.8 Å². The lowest BCUT2D eigenvalue weighted by Crippen LogP contribution is -2.24. The van der Waals surface area contributed by atoms with Gasteiger partial charge in [0.15, 0.2) is 6.80 Å². The first-order valence-electron chi connectivity index (χ1n) is 7.24. The van der Waals surface area contributed by atoms with Crippen molar-refractivity contribution in [3.63, 3.8) is 0 Å². The van der Waals surface area contributed by atoms with Gasteiger partial charge in [-0.25, -0.2) is 4.39 Å². The number of carbonyl (C=O) groups is 1. The summed E-state index contributed by atoms with van der Waals surface area (Å²) in [6.07, 6.45) is 12.9. The molecule has 1 aromatic heterocycles. The molecule has 0 aromatic carbocycles. The van der Waals surface area contributed by atoms with Crippen LogP contribution < -0.4 is 11.1 Å². The van der Waals surface area contributed by atoms with Crippen LogP contribution in [0.5, 0.6) is 0 Å². The van der Waals surface area contributed by atoms with Gasteiger partial charge >= 0.3 is 0 Å². The number of carbonyl (C=O) groups excluding carboxylic acids is 1. The highest BCUT2D eigenvalue weighted by Gasteiger charge is 2.11. The smallest absolute Gasteiger partial charge is 0.272 e. The van der Waals surface area contributed by atoms with Gasteiger partial charge in [0.2, 0.25) is 0 Å². The second-order valence-corrected chi connectivity index (χ2v) is 5.15. The quantitative estimate of drug-likeness (QED) is 0.821. The Balaban J connectivity index is 2.11. The van der Waals surface area contributed by atoms with Gasteiger partial charge in [-0.15, -0.1) is 0 Å². The largest absolute Gasteiger partial charge is 0.398 e. The van der Waals surface area contributed by atoms with Crippen molar-refractivity contribution in [2.75, 3.05) is 6.80 Å². The Morgan fingerprint density at radius 1 is 1.50 bits per heavy atom. The normalized spacial score (nSPS) is 14.6. The minimum Gasteiger partial charge on any atom is -0.398 e. The van der Waals surface area contributed by atoms with Gasteiger partial charge in [0, 0.05) is 17.5 Å². The Morgan fingerprint density at radius 2 is 2.32 bits per heavy atom. The monoisotopic (exact) mass is 301 g/mol. The highest BCUT2D eigenvalue weighted by molar-refractivity contribution is 5.93. The molecule has 0 spiro atoms. The van der Waals surface area contributed by atoms with E-state index in [0.717, 1.165) is 24.8 Å². The van der Waals surface area contributed by atoms with Crippen LogP contribution in [-0.2, 0) is 0 Å². The maximum atomic E-state index is 12.1. The molecular formula is C17H20FN3O. The molecule has 0 radical (unpaired) electrons. The van der Waals surface area contributed by atoms with Crippen molar-refractivity contribution in [1.82, 2.24) is 10.3 Å². The lowest BCUT2D eigenvalue weighted by atomic mass is 10.0. The van der Waals surface area contributed by atoms with Crippen molar-refractivity contribution < 1.29 is 9.18 Å². The molecule has 5 heteroatoms. The Labute approximate surface area is 129 Å². The molecule has 0 saturated carbocycles. The summed E-state index contributed by atoms with van der Waals surface area (Å²) in [6, 6.07) is 1.79. The number of rotatable bonds is 5. The summed E-state index contributed by atoms with van der Waals surface area (Å²) >= 11 is 0. The number of aromatic nitrogens is 1. The number of nitrogens with two attached hydrogens (primary N) is 1. The van der Waals surface area contributed by atoms with Crippen molar-refractivity contribution in [2.45, 2.75) is 26.2 Å². The predicted octanol–water partition coefficient (Wildman–Crippen LogP) is 3.01. The van der Waals surface area contributed by atoms with Gasteiger partial charge in [-0.2, -0.15) is 0 Å². The molecule has 1 heterocycles. The van der Waals surface area contributed by atoms with Crippen molar-refractivity contribution in [3.8, 4) is 0 Å². The maximum Gasteiger partial charge on any atom is 0.272 e. The molecule has 0 bridgehead atoms. The van der Waals surface area contributed by atoms with E-state index >= 15 is 0 Å². The molecule has 0 unspecified atom stereocenters. The topological polar surface area (TPSA) is 68.0 Å². The minimum absolute atomic E-state index is 0.215. The number of allylic oxidation sites excluding steroid dienone is 5. The summed E-state index contributed by atoms with van der Waals surface area (Å²) in [6.45, 7) is 0.843. The van der Waals surface area contributed by atoms with E-state index in [9.17, 15) is 9.18 Å². The highest BCUT2D eigenvalue weighted by atomic mass is 19.1. The van der Waals surface area contributed by atoms with Gasteiger partial charge in [0.25, 0.3) is 5.91 Å². The Morgan fingerprint density at radius 3 is 2.95 bits per heavy atom. The molecule has 4 nitrogen and oxygen atoms in total. The molecule has 2 rings (SSSR count). The van der Waals surface area contributed by atoms with Crippen molar-refractivity contribution in [1.29, 1.82) is 0 Å². The van der Waals surface area contributed by atoms with Crippen LogP contribution in [0.15, 0.2) is 42.1 Å². The molecule has 0 aliphatic heterocycles. The van der Waals surface area contributed by atoms with Gasteiger partial charge < -0.3 is 11.1 Å². The number of hydrogen-bond acceptors (Lipinski definition) is 3. The van der Waals surface area contributed by atoms with Crippen molar-refractivity contribution in [2.24, 2.45) is 5.73 Å². The minimum atomic E-state index is -0.910. The van der Waals surface area contributed by atoms with E-state index in [1.807, 2.05) is 6.08 Å².